The molecule has 1 aliphatic carbocycles. The summed E-state index contributed by atoms with van der Waals surface area (Å²) < 4.78 is 1.75. The van der Waals surface area contributed by atoms with E-state index in [0.717, 1.165) is 34.5 Å². The van der Waals surface area contributed by atoms with Crippen molar-refractivity contribution in [3.63, 3.8) is 0 Å². The van der Waals surface area contributed by atoms with E-state index in [4.69, 9.17) is 22.3 Å². The second-order valence-corrected chi connectivity index (χ2v) is 11.8. The molecule has 4 aromatic rings. The number of carbonyl (C=O) groups excluding carboxylic acids is 1. The van der Waals surface area contributed by atoms with Gasteiger partial charge in [0, 0.05) is 67.5 Å². The number of carbonyl (C=O) groups is 1. The molecule has 2 N–H and O–H groups in total. The van der Waals surface area contributed by atoms with Gasteiger partial charge in [0.15, 0.2) is 5.65 Å². The molecule has 0 spiro atoms. The first-order chi connectivity index (χ1) is 17.3. The van der Waals surface area contributed by atoms with Crippen molar-refractivity contribution < 1.29 is 4.79 Å². The van der Waals surface area contributed by atoms with Crippen LogP contribution in [0, 0.1) is 18.8 Å². The molecule has 1 amide bonds. The molecule has 4 aromatic heterocycles. The Morgan fingerprint density at radius 2 is 2.06 bits per heavy atom. The summed E-state index contributed by atoms with van der Waals surface area (Å²) in [7, 11) is 3.39. The number of rotatable bonds is 6. The number of thiazole rings is 1. The first-order valence-electron chi connectivity index (χ1n) is 11.6. The number of imidazole rings is 1. The molecule has 9 nitrogen and oxygen atoms in total. The maximum Gasteiger partial charge on any atom is 0.273 e. The van der Waals surface area contributed by atoms with Gasteiger partial charge >= 0.3 is 0 Å². The van der Waals surface area contributed by atoms with Crippen LogP contribution in [0.25, 0.3) is 5.65 Å². The van der Waals surface area contributed by atoms with Gasteiger partial charge in [0.05, 0.1) is 17.4 Å². The molecule has 1 unspecified atom stereocenters. The molecule has 2 fully saturated rings. The monoisotopic (exact) mass is 540 g/mol. The number of aryl methyl sites for hydroxylation is 1. The van der Waals surface area contributed by atoms with E-state index in [-0.39, 0.29) is 11.3 Å². The van der Waals surface area contributed by atoms with Crippen molar-refractivity contribution in [1.29, 1.82) is 0 Å². The Hall–Kier alpha value is -2.73. The Morgan fingerprint density at radius 1 is 1.28 bits per heavy atom. The van der Waals surface area contributed by atoms with Crippen molar-refractivity contribution in [2.24, 2.45) is 17.6 Å². The maximum atomic E-state index is 12.3. The molecule has 3 atom stereocenters. The lowest BCUT2D eigenvalue weighted by Crippen LogP contribution is -2.35. The molecular formula is C24H25ClN8OS2. The van der Waals surface area contributed by atoms with Crippen molar-refractivity contribution in [2.45, 2.75) is 22.3 Å². The molecule has 0 bridgehead atoms. The van der Waals surface area contributed by atoms with Gasteiger partial charge in [-0.25, -0.2) is 19.9 Å². The Kier molecular flexibility index (Phi) is 5.71. The normalized spacial score (nSPS) is 22.8. The Morgan fingerprint density at radius 3 is 2.67 bits per heavy atom. The number of halogens is 1. The predicted molar refractivity (Wildman–Crippen MR) is 141 cm³/mol. The molecule has 36 heavy (non-hydrogen) atoms. The quantitative estimate of drug-likeness (QED) is 0.397. The number of nitrogens with two attached hydrogens (primary N) is 1. The zero-order valence-corrected chi connectivity index (χ0v) is 22.4. The maximum absolute atomic E-state index is 12.3. The van der Waals surface area contributed by atoms with Crippen LogP contribution in [0.2, 0.25) is 5.02 Å². The van der Waals surface area contributed by atoms with Crippen LogP contribution in [-0.4, -0.2) is 68.9 Å². The lowest BCUT2D eigenvalue weighted by molar-refractivity contribution is 0.0822. The van der Waals surface area contributed by atoms with Crippen molar-refractivity contribution in [3.8, 4) is 0 Å². The molecule has 186 valence electrons. The van der Waals surface area contributed by atoms with Gasteiger partial charge in [-0.05, 0) is 24.8 Å². The van der Waals surface area contributed by atoms with Gasteiger partial charge in [-0.1, -0.05) is 23.4 Å². The predicted octanol–water partition coefficient (Wildman–Crippen LogP) is 3.36. The second-order valence-electron chi connectivity index (χ2n) is 9.52. The summed E-state index contributed by atoms with van der Waals surface area (Å²) in [5.74, 6) is 1.71. The molecule has 1 saturated carbocycles. The van der Waals surface area contributed by atoms with E-state index in [1.54, 1.807) is 42.2 Å². The summed E-state index contributed by atoms with van der Waals surface area (Å²) in [6, 6.07) is 1.89. The second kappa shape index (κ2) is 8.69. The molecule has 1 saturated heterocycles. The number of hydrogen-bond donors (Lipinski definition) is 1. The van der Waals surface area contributed by atoms with Crippen LogP contribution in [-0.2, 0) is 5.41 Å². The molecule has 5 heterocycles. The summed E-state index contributed by atoms with van der Waals surface area (Å²) >= 11 is 9.79. The third kappa shape index (κ3) is 3.68. The highest BCUT2D eigenvalue weighted by molar-refractivity contribution is 7.99. The fourth-order valence-corrected chi connectivity index (χ4v) is 7.45. The summed E-state index contributed by atoms with van der Waals surface area (Å²) in [5, 5.41) is 4.50. The average molecular weight is 541 g/mol. The number of hydrogen-bond acceptors (Lipinski definition) is 9. The van der Waals surface area contributed by atoms with Crippen LogP contribution in [0.5, 0.6) is 0 Å². The van der Waals surface area contributed by atoms with Crippen LogP contribution in [0.3, 0.4) is 0 Å². The van der Waals surface area contributed by atoms with E-state index in [9.17, 15) is 4.79 Å². The van der Waals surface area contributed by atoms with Crippen molar-refractivity contribution in [2.75, 3.05) is 38.6 Å². The van der Waals surface area contributed by atoms with Crippen LogP contribution in [0.4, 0.5) is 5.82 Å². The van der Waals surface area contributed by atoms with E-state index < -0.39 is 0 Å². The minimum absolute atomic E-state index is 0.0257. The highest BCUT2D eigenvalue weighted by Crippen LogP contribution is 2.63. The minimum Gasteiger partial charge on any atom is -0.355 e. The third-order valence-electron chi connectivity index (χ3n) is 7.20. The van der Waals surface area contributed by atoms with Gasteiger partial charge in [0.25, 0.3) is 5.91 Å². The largest absolute Gasteiger partial charge is 0.355 e. The lowest BCUT2D eigenvalue weighted by Gasteiger charge is -2.25. The summed E-state index contributed by atoms with van der Waals surface area (Å²) in [6.07, 6.45) is 7.12. The van der Waals surface area contributed by atoms with Gasteiger partial charge in [-0.3, -0.25) is 4.79 Å². The van der Waals surface area contributed by atoms with E-state index in [1.807, 2.05) is 25.4 Å². The highest BCUT2D eigenvalue weighted by Gasteiger charge is 2.69. The number of amides is 1. The van der Waals surface area contributed by atoms with Crippen LogP contribution in [0.15, 0.2) is 46.2 Å². The van der Waals surface area contributed by atoms with E-state index in [0.29, 0.717) is 34.7 Å². The van der Waals surface area contributed by atoms with Crippen LogP contribution < -0.4 is 10.6 Å². The number of aromatic nitrogens is 5. The fourth-order valence-electron chi connectivity index (χ4n) is 5.25. The van der Waals surface area contributed by atoms with Gasteiger partial charge in [-0.15, -0.1) is 11.3 Å². The SMILES string of the molecule is Cc1csc(C2(CN)[C@@H]3CN(c4cnc(Sc5ccn6cc(C(=O)N(C)C)nc6c5Cl)cn4)C[C@@H]32)n1. The molecule has 12 heteroatoms. The fraction of sp³-hybridized carbons (Fsp3) is 0.375. The average Bonchev–Trinajstić information content (AvgIpc) is 3.37. The smallest absolute Gasteiger partial charge is 0.273 e. The third-order valence-corrected chi connectivity index (χ3v) is 9.82. The van der Waals surface area contributed by atoms with E-state index >= 15 is 0 Å². The number of nitrogens with zero attached hydrogens (tertiary/aromatic N) is 7. The number of pyridine rings is 1. The number of piperidine rings is 1. The highest BCUT2D eigenvalue weighted by atomic mass is 35.5. The standard InChI is InChI=1S/C24H25ClN8OS2/c1-13-11-35-23(29-13)24(12-26)14-8-33(9-15(14)24)18-6-28-19(7-27-18)36-17-4-5-32-10-16(22(34)31(2)3)30-21(32)20(17)25/h4-7,10-11,14-15H,8-9,12,26H2,1-3H3/t14-,15+,24?. The zero-order chi connectivity index (χ0) is 25.2. The first kappa shape index (κ1) is 23.7. The Balaban J connectivity index is 1.15. The van der Waals surface area contributed by atoms with Crippen LogP contribution >= 0.6 is 34.7 Å². The van der Waals surface area contributed by atoms with E-state index in [1.165, 1.54) is 21.7 Å². The van der Waals surface area contributed by atoms with E-state index in [2.05, 4.69) is 25.2 Å². The number of anilines is 1. The Bertz CT molecular complexity index is 1450. The summed E-state index contributed by atoms with van der Waals surface area (Å²) in [4.78, 5) is 35.3. The molecule has 0 radical (unpaired) electrons. The van der Waals surface area contributed by atoms with Crippen LogP contribution in [0.1, 0.15) is 21.2 Å². The van der Waals surface area contributed by atoms with Crippen molar-refractivity contribution >= 4 is 52.1 Å². The van der Waals surface area contributed by atoms with Gasteiger partial charge < -0.3 is 19.9 Å². The lowest BCUT2D eigenvalue weighted by atomic mass is 10.0. The number of fused-ring (bicyclic) bond motifs is 2. The van der Waals surface area contributed by atoms with Crippen molar-refractivity contribution in [1.82, 2.24) is 29.2 Å². The van der Waals surface area contributed by atoms with Crippen molar-refractivity contribution in [3.05, 3.63) is 57.7 Å². The topological polar surface area (TPSA) is 106 Å². The molecule has 2 aliphatic rings. The molecule has 0 aromatic carbocycles. The summed E-state index contributed by atoms with van der Waals surface area (Å²) in [5.41, 5.74) is 8.21. The first-order valence-corrected chi connectivity index (χ1v) is 13.7. The molecule has 1 aliphatic heterocycles. The van der Waals surface area contributed by atoms with Gasteiger partial charge in [0.2, 0.25) is 0 Å². The van der Waals surface area contributed by atoms with Gasteiger partial charge in [-0.2, -0.15) is 0 Å². The molecule has 6 rings (SSSR count). The van der Waals surface area contributed by atoms with Gasteiger partial charge in [0.1, 0.15) is 21.5 Å². The Labute approximate surface area is 221 Å². The minimum atomic E-state index is -0.171. The summed E-state index contributed by atoms with van der Waals surface area (Å²) in [6.45, 7) is 4.50. The zero-order valence-electron chi connectivity index (χ0n) is 20.1. The molecular weight excluding hydrogens is 516 g/mol.